The number of hydrogen-bond donors (Lipinski definition) is 0. The van der Waals surface area contributed by atoms with Gasteiger partial charge >= 0.3 is 0 Å². The molecule has 1 unspecified atom stereocenters. The molecule has 0 radical (unpaired) electrons. The van der Waals surface area contributed by atoms with Gasteiger partial charge in [0.15, 0.2) is 0 Å². The van der Waals surface area contributed by atoms with E-state index in [-0.39, 0.29) is 0 Å². The van der Waals surface area contributed by atoms with Crippen molar-refractivity contribution in [3.8, 4) is 0 Å². The van der Waals surface area contributed by atoms with Gasteiger partial charge in [0.2, 0.25) is 0 Å². The van der Waals surface area contributed by atoms with Gasteiger partial charge in [-0.1, -0.05) is 68.7 Å². The third-order valence-corrected chi connectivity index (χ3v) is 9.98. The third-order valence-electron chi connectivity index (χ3n) is 9.98. The zero-order valence-electron chi connectivity index (χ0n) is 21.8. The molecule has 3 nitrogen and oxygen atoms in total. The van der Waals surface area contributed by atoms with Gasteiger partial charge in [-0.25, -0.2) is 0 Å². The van der Waals surface area contributed by atoms with E-state index >= 15 is 0 Å². The fraction of sp³-hybridized carbons (Fsp3) is 0.839. The van der Waals surface area contributed by atoms with E-state index in [0.717, 1.165) is 31.2 Å². The van der Waals surface area contributed by atoms with E-state index in [9.17, 15) is 4.79 Å². The summed E-state index contributed by atoms with van der Waals surface area (Å²) in [5, 5.41) is 0. The quantitative estimate of drug-likeness (QED) is 0.367. The second-order valence-corrected chi connectivity index (χ2v) is 12.2. The van der Waals surface area contributed by atoms with Crippen molar-refractivity contribution in [1.82, 2.24) is 9.80 Å². The first kappa shape index (κ1) is 24.8. The molecule has 0 aromatic rings. The maximum absolute atomic E-state index is 13.3. The predicted octanol–water partition coefficient (Wildman–Crippen LogP) is 6.79. The number of Topliss-reactive ketones (excluding diaryl/α,β-unsaturated/α-hetero) is 1. The molecule has 2 saturated heterocycles. The van der Waals surface area contributed by atoms with Crippen LogP contribution in [0.1, 0.15) is 103 Å². The first-order valence-corrected chi connectivity index (χ1v) is 15.1. The maximum atomic E-state index is 13.3. The maximum Gasteiger partial charge on any atom is 0.138 e. The lowest BCUT2D eigenvalue weighted by molar-refractivity contribution is -0.135. The molecule has 3 heteroatoms. The van der Waals surface area contributed by atoms with Gasteiger partial charge in [-0.2, -0.15) is 0 Å². The molecule has 4 heterocycles. The Morgan fingerprint density at radius 2 is 1.50 bits per heavy atom. The minimum Gasteiger partial charge on any atom is -0.299 e. The topological polar surface area (TPSA) is 23.6 Å². The molecule has 190 valence electrons. The zero-order valence-corrected chi connectivity index (χ0v) is 21.8. The monoisotopic (exact) mass is 466 g/mol. The minimum absolute atomic E-state index is 0.318. The molecule has 0 amide bonds. The summed E-state index contributed by atoms with van der Waals surface area (Å²) in [4.78, 5) is 18.9. The fourth-order valence-electron chi connectivity index (χ4n) is 8.28. The van der Waals surface area contributed by atoms with Gasteiger partial charge in [-0.15, -0.1) is 0 Å². The smallest absolute Gasteiger partial charge is 0.138 e. The molecule has 0 spiro atoms. The van der Waals surface area contributed by atoms with Crippen LogP contribution < -0.4 is 0 Å². The van der Waals surface area contributed by atoms with Crippen LogP contribution in [0.2, 0.25) is 0 Å². The Kier molecular flexibility index (Phi) is 8.99. The van der Waals surface area contributed by atoms with E-state index in [1.807, 2.05) is 0 Å². The summed E-state index contributed by atoms with van der Waals surface area (Å²) < 4.78 is 0. The van der Waals surface area contributed by atoms with E-state index in [1.165, 1.54) is 116 Å². The van der Waals surface area contributed by atoms with Crippen LogP contribution >= 0.6 is 0 Å². The lowest BCUT2D eigenvalue weighted by Crippen LogP contribution is -2.59. The lowest BCUT2D eigenvalue weighted by Gasteiger charge is -2.53. The third kappa shape index (κ3) is 6.06. The molecule has 2 fully saturated rings. The number of fused-ring (bicyclic) bond motifs is 1. The standard InChI is InChI=1S/C31H50N2O/c34-30-18-21-33-20-17-27-26-22-25-14-10-6-5-8-12-16-29(30)31(33)28(27)15-11-7-3-1-2-4-9-13-19-32(23-25)24-26/h4,9,22,26-29,31H,1-3,5-8,10-21,23-24H2/b9-4-/t26-,27-,28+,29-,31+/m1/s1. The minimum atomic E-state index is 0.318. The van der Waals surface area contributed by atoms with Crippen LogP contribution in [-0.4, -0.2) is 54.3 Å². The summed E-state index contributed by atoms with van der Waals surface area (Å²) in [7, 11) is 0. The Labute approximate surface area is 209 Å². The summed E-state index contributed by atoms with van der Waals surface area (Å²) in [6.45, 7) is 5.95. The van der Waals surface area contributed by atoms with Gasteiger partial charge in [0.25, 0.3) is 0 Å². The molecule has 0 aromatic carbocycles. The van der Waals surface area contributed by atoms with Gasteiger partial charge in [0.1, 0.15) is 5.78 Å². The van der Waals surface area contributed by atoms with Crippen LogP contribution in [0.5, 0.6) is 0 Å². The lowest BCUT2D eigenvalue weighted by atomic mass is 9.64. The average Bonchev–Trinajstić information content (AvgIpc) is 2.85. The number of carbonyl (C=O) groups excluding carboxylic acids is 1. The summed E-state index contributed by atoms with van der Waals surface area (Å²) in [6, 6.07) is 0.535. The van der Waals surface area contributed by atoms with E-state index in [4.69, 9.17) is 0 Å². The second kappa shape index (κ2) is 12.3. The van der Waals surface area contributed by atoms with Crippen molar-refractivity contribution in [3.05, 3.63) is 23.8 Å². The predicted molar refractivity (Wildman–Crippen MR) is 142 cm³/mol. The fourth-order valence-corrected chi connectivity index (χ4v) is 8.28. The highest BCUT2D eigenvalue weighted by atomic mass is 16.1. The van der Waals surface area contributed by atoms with Crippen molar-refractivity contribution in [1.29, 1.82) is 0 Å². The van der Waals surface area contributed by atoms with Crippen molar-refractivity contribution < 1.29 is 4.79 Å². The summed E-state index contributed by atoms with van der Waals surface area (Å²) >= 11 is 0. The van der Waals surface area contributed by atoms with Crippen molar-refractivity contribution in [2.75, 3.05) is 32.7 Å². The van der Waals surface area contributed by atoms with Crippen LogP contribution in [0.15, 0.2) is 23.8 Å². The van der Waals surface area contributed by atoms with Crippen molar-refractivity contribution in [2.24, 2.45) is 23.7 Å². The number of rotatable bonds is 0. The molecular weight excluding hydrogens is 416 g/mol. The molecule has 0 N–H and O–H groups in total. The van der Waals surface area contributed by atoms with Gasteiger partial charge in [-0.3, -0.25) is 14.6 Å². The van der Waals surface area contributed by atoms with E-state index in [1.54, 1.807) is 5.57 Å². The molecule has 5 rings (SSSR count). The Bertz CT molecular complexity index is 727. The highest BCUT2D eigenvalue weighted by Crippen LogP contribution is 2.45. The first-order valence-electron chi connectivity index (χ1n) is 15.1. The van der Waals surface area contributed by atoms with Crippen LogP contribution in [0.4, 0.5) is 0 Å². The number of nitrogens with zero attached hydrogens (tertiary/aromatic N) is 2. The number of ketones is 1. The van der Waals surface area contributed by atoms with Gasteiger partial charge < -0.3 is 0 Å². The molecule has 5 aliphatic rings. The number of piperidine rings is 2. The average molecular weight is 467 g/mol. The Balaban J connectivity index is 1.47. The Morgan fingerprint density at radius 3 is 2.44 bits per heavy atom. The van der Waals surface area contributed by atoms with Crippen molar-refractivity contribution in [2.45, 2.75) is 109 Å². The SMILES string of the molecule is O=C1CCN2CC[C@H]3[C@@H]4CCCCCC/C=C\CCN5CC(=C[C@@H]3C5)CCCCCCC[C@H]1[C@H]42. The first-order chi connectivity index (χ1) is 16.8. The Morgan fingerprint density at radius 1 is 0.706 bits per heavy atom. The van der Waals surface area contributed by atoms with Crippen LogP contribution in [0.3, 0.4) is 0 Å². The van der Waals surface area contributed by atoms with Crippen molar-refractivity contribution in [3.63, 3.8) is 0 Å². The molecule has 6 bridgehead atoms. The van der Waals surface area contributed by atoms with Gasteiger partial charge in [0, 0.05) is 44.6 Å². The van der Waals surface area contributed by atoms with Gasteiger partial charge in [0.05, 0.1) is 0 Å². The highest BCUT2D eigenvalue weighted by molar-refractivity contribution is 5.82. The summed E-state index contributed by atoms with van der Waals surface area (Å²) in [5.41, 5.74) is 1.74. The van der Waals surface area contributed by atoms with Crippen molar-refractivity contribution >= 4 is 5.78 Å². The molecule has 1 aliphatic carbocycles. The second-order valence-electron chi connectivity index (χ2n) is 12.2. The van der Waals surface area contributed by atoms with E-state index in [2.05, 4.69) is 28.0 Å². The number of allylic oxidation sites excluding steroid dienone is 1. The van der Waals surface area contributed by atoms with E-state index < -0.39 is 0 Å². The van der Waals surface area contributed by atoms with Crippen LogP contribution in [-0.2, 0) is 4.79 Å². The molecular formula is C31H50N2O. The largest absolute Gasteiger partial charge is 0.299 e. The summed E-state index contributed by atoms with van der Waals surface area (Å²) in [5.74, 6) is 3.12. The normalized spacial score (nSPS) is 40.0. The summed E-state index contributed by atoms with van der Waals surface area (Å²) in [6.07, 6.45) is 28.3. The number of hydrogen-bond acceptors (Lipinski definition) is 3. The van der Waals surface area contributed by atoms with Crippen LogP contribution in [0, 0.1) is 23.7 Å². The highest BCUT2D eigenvalue weighted by Gasteiger charge is 2.48. The molecule has 0 aromatic heterocycles. The molecule has 34 heavy (non-hydrogen) atoms. The zero-order chi connectivity index (χ0) is 23.2. The molecule has 4 aliphatic heterocycles. The number of carbonyl (C=O) groups is 1. The van der Waals surface area contributed by atoms with Gasteiger partial charge in [-0.05, 0) is 75.7 Å². The van der Waals surface area contributed by atoms with E-state index in [0.29, 0.717) is 23.7 Å². The molecule has 0 saturated carbocycles. The van der Waals surface area contributed by atoms with Crippen LogP contribution in [0.25, 0.3) is 0 Å². The Hall–Kier alpha value is -0.930. The molecule has 6 atom stereocenters.